The van der Waals surface area contributed by atoms with Gasteiger partial charge in [-0.3, -0.25) is 14.9 Å². The van der Waals surface area contributed by atoms with E-state index in [1.165, 1.54) is 24.1 Å². The molecular weight excluding hydrogens is 530 g/mol. The zero-order valence-corrected chi connectivity index (χ0v) is 23.7. The van der Waals surface area contributed by atoms with E-state index in [1.807, 2.05) is 6.07 Å². The largest absolute Gasteiger partial charge is 0.496 e. The number of benzene rings is 1. The minimum Gasteiger partial charge on any atom is -0.496 e. The van der Waals surface area contributed by atoms with Crippen LogP contribution in [0.1, 0.15) is 59.5 Å². The number of carbonyl (C=O) groups is 1. The number of carbonyl (C=O) groups excluding carboxylic acids is 1. The van der Waals surface area contributed by atoms with Gasteiger partial charge in [0.25, 0.3) is 11.6 Å². The Morgan fingerprint density at radius 1 is 1.27 bits per heavy atom. The highest BCUT2D eigenvalue weighted by atomic mass is 32.1. The van der Waals surface area contributed by atoms with Crippen LogP contribution in [0.2, 0.25) is 0 Å². The summed E-state index contributed by atoms with van der Waals surface area (Å²) >= 11 is 1.56. The van der Waals surface area contributed by atoms with Crippen LogP contribution in [0.5, 0.6) is 5.75 Å². The molecule has 0 saturated carbocycles. The van der Waals surface area contributed by atoms with Crippen molar-refractivity contribution in [1.29, 1.82) is 0 Å². The Morgan fingerprint density at radius 2 is 2.10 bits per heavy atom. The molecule has 0 aliphatic heterocycles. The van der Waals surface area contributed by atoms with Crippen LogP contribution in [-0.4, -0.2) is 24.2 Å². The maximum atomic E-state index is 13.4. The van der Waals surface area contributed by atoms with Gasteiger partial charge in [-0.25, -0.2) is 4.99 Å². The fourth-order valence-corrected chi connectivity index (χ4v) is 6.26. The number of nitrogens with one attached hydrogen (secondary N) is 1. The van der Waals surface area contributed by atoms with Crippen molar-refractivity contribution in [3.63, 3.8) is 0 Å². The highest BCUT2D eigenvalue weighted by molar-refractivity contribution is 7.16. The second-order valence-corrected chi connectivity index (χ2v) is 11.9. The van der Waals surface area contributed by atoms with Crippen LogP contribution in [0.3, 0.4) is 0 Å². The number of furan rings is 2. The Bertz CT molecular complexity index is 1560. The number of hydrogen-bond donors (Lipinski definition) is 1. The Labute approximate surface area is 236 Å². The Balaban J connectivity index is 1.43. The van der Waals surface area contributed by atoms with Crippen molar-refractivity contribution in [3.05, 3.63) is 86.4 Å². The molecule has 3 heterocycles. The molecule has 1 N–H and O–H groups in total. The number of nitro groups is 1. The normalized spacial score (nSPS) is 15.2. The van der Waals surface area contributed by atoms with Crippen LogP contribution in [-0.2, 0) is 19.4 Å². The first-order valence-electron chi connectivity index (χ1n) is 13.1. The first kappa shape index (κ1) is 27.4. The third-order valence-corrected chi connectivity index (χ3v) is 8.46. The van der Waals surface area contributed by atoms with Crippen molar-refractivity contribution in [1.82, 2.24) is 5.32 Å². The predicted molar refractivity (Wildman–Crippen MR) is 154 cm³/mol. The van der Waals surface area contributed by atoms with Gasteiger partial charge in [0.15, 0.2) is 0 Å². The number of nitrogens with zero attached hydrogens (tertiary/aromatic N) is 2. The molecule has 1 atom stereocenters. The number of thiophene rings is 1. The van der Waals surface area contributed by atoms with Crippen molar-refractivity contribution in [2.75, 3.05) is 7.11 Å². The van der Waals surface area contributed by atoms with Crippen LogP contribution in [0, 0.1) is 21.4 Å². The van der Waals surface area contributed by atoms with E-state index in [1.54, 1.807) is 48.1 Å². The zero-order valence-electron chi connectivity index (χ0n) is 22.9. The molecule has 0 fully saturated rings. The number of ether oxygens (including phenoxy) is 1. The first-order chi connectivity index (χ1) is 19.1. The molecule has 0 bridgehead atoms. The lowest BCUT2D eigenvalue weighted by molar-refractivity contribution is -0.384. The monoisotopic (exact) mass is 561 g/mol. The average Bonchev–Trinajstić information content (AvgIpc) is 3.69. The fourth-order valence-electron chi connectivity index (χ4n) is 4.99. The maximum absolute atomic E-state index is 13.4. The second kappa shape index (κ2) is 11.1. The van der Waals surface area contributed by atoms with Crippen molar-refractivity contribution < 1.29 is 23.3 Å². The Kier molecular flexibility index (Phi) is 7.62. The van der Waals surface area contributed by atoms with Gasteiger partial charge in [0, 0.05) is 10.9 Å². The summed E-state index contributed by atoms with van der Waals surface area (Å²) in [5, 5.41) is 14.8. The van der Waals surface area contributed by atoms with Gasteiger partial charge in [0.1, 0.15) is 28.0 Å². The second-order valence-electron chi connectivity index (χ2n) is 10.9. The maximum Gasteiger partial charge on any atom is 0.273 e. The SMILES string of the molecule is COc1cc([N+](=O)[O-])ccc1-c1ccc(C=Nc2sc3c(c2C(=O)NCc2ccco2)CC[C@@H](C(C)(C)C)C3)o1. The summed E-state index contributed by atoms with van der Waals surface area (Å²) in [7, 11) is 1.45. The van der Waals surface area contributed by atoms with Crippen molar-refractivity contribution >= 4 is 34.1 Å². The molecule has 5 rings (SSSR count). The summed E-state index contributed by atoms with van der Waals surface area (Å²) in [5.74, 6) is 2.34. The van der Waals surface area contributed by atoms with Crippen LogP contribution >= 0.6 is 11.3 Å². The van der Waals surface area contributed by atoms with E-state index in [0.29, 0.717) is 51.6 Å². The fraction of sp³-hybridized carbons (Fsp3) is 0.333. The van der Waals surface area contributed by atoms with Crippen LogP contribution in [0.15, 0.2) is 62.6 Å². The molecule has 0 unspecified atom stereocenters. The lowest BCUT2D eigenvalue weighted by Crippen LogP contribution is -2.28. The van der Waals surface area contributed by atoms with Crippen LogP contribution in [0.25, 0.3) is 11.3 Å². The summed E-state index contributed by atoms with van der Waals surface area (Å²) in [6.45, 7) is 7.09. The summed E-state index contributed by atoms with van der Waals surface area (Å²) in [4.78, 5) is 30.0. The van der Waals surface area contributed by atoms with Gasteiger partial charge in [-0.15, -0.1) is 11.3 Å². The zero-order chi connectivity index (χ0) is 28.4. The van der Waals surface area contributed by atoms with E-state index in [2.05, 4.69) is 26.1 Å². The molecular formula is C30H31N3O6S. The molecule has 40 heavy (non-hydrogen) atoms. The minimum absolute atomic E-state index is 0.0674. The summed E-state index contributed by atoms with van der Waals surface area (Å²) in [5.41, 5.74) is 2.38. The van der Waals surface area contributed by atoms with Gasteiger partial charge in [0.05, 0.1) is 48.2 Å². The molecule has 0 spiro atoms. The molecule has 208 valence electrons. The molecule has 0 radical (unpaired) electrons. The van der Waals surface area contributed by atoms with E-state index in [4.69, 9.17) is 18.6 Å². The number of methoxy groups -OCH3 is 1. The van der Waals surface area contributed by atoms with E-state index in [-0.39, 0.29) is 17.0 Å². The number of fused-ring (bicyclic) bond motifs is 1. The standard InChI is InChI=1S/C30H31N3O6S/c1-30(2,3)18-7-10-23-26(14-18)40-29(27(23)28(34)31-16-20-6-5-13-38-20)32-17-21-9-12-24(39-21)22-11-8-19(33(35)36)15-25(22)37-4/h5-6,8-9,11-13,15,17-18H,7,10,14,16H2,1-4H3,(H,31,34)/t18-/m1/s1. The third-order valence-electron chi connectivity index (χ3n) is 7.30. The van der Waals surface area contributed by atoms with Crippen molar-refractivity contribution in [2.24, 2.45) is 16.3 Å². The molecule has 4 aromatic rings. The van der Waals surface area contributed by atoms with Gasteiger partial charge in [-0.1, -0.05) is 20.8 Å². The Morgan fingerprint density at radius 3 is 2.80 bits per heavy atom. The number of non-ortho nitro benzene ring substituents is 1. The molecule has 1 aliphatic rings. The van der Waals surface area contributed by atoms with Gasteiger partial charge in [-0.2, -0.15) is 0 Å². The summed E-state index contributed by atoms with van der Waals surface area (Å²) in [6, 6.07) is 11.5. The molecule has 0 saturated heterocycles. The highest BCUT2D eigenvalue weighted by Gasteiger charge is 2.33. The molecule has 1 aliphatic carbocycles. The van der Waals surface area contributed by atoms with Crippen molar-refractivity contribution in [2.45, 2.75) is 46.6 Å². The molecule has 3 aromatic heterocycles. The topological polar surface area (TPSA) is 120 Å². The van der Waals surface area contributed by atoms with E-state index in [0.717, 1.165) is 24.8 Å². The Hall–Kier alpha value is -4.18. The van der Waals surface area contributed by atoms with Gasteiger partial charge < -0.3 is 18.9 Å². The molecule has 1 aromatic carbocycles. The quantitative estimate of drug-likeness (QED) is 0.136. The van der Waals surface area contributed by atoms with Gasteiger partial charge in [-0.05, 0) is 66.5 Å². The van der Waals surface area contributed by atoms with Crippen molar-refractivity contribution in [3.8, 4) is 17.1 Å². The predicted octanol–water partition coefficient (Wildman–Crippen LogP) is 7.35. The number of amides is 1. The lowest BCUT2D eigenvalue weighted by Gasteiger charge is -2.33. The average molecular weight is 562 g/mol. The molecule has 10 heteroatoms. The number of hydrogen-bond acceptors (Lipinski definition) is 8. The summed E-state index contributed by atoms with van der Waals surface area (Å²) in [6.07, 6.45) is 5.96. The lowest BCUT2D eigenvalue weighted by atomic mass is 9.72. The highest BCUT2D eigenvalue weighted by Crippen LogP contribution is 2.45. The van der Waals surface area contributed by atoms with Crippen LogP contribution < -0.4 is 10.1 Å². The third kappa shape index (κ3) is 5.72. The number of aliphatic imine (C=N–C) groups is 1. The van der Waals surface area contributed by atoms with E-state index in [9.17, 15) is 14.9 Å². The minimum atomic E-state index is -0.473. The van der Waals surface area contributed by atoms with Gasteiger partial charge in [0.2, 0.25) is 0 Å². The van der Waals surface area contributed by atoms with Crippen LogP contribution in [0.4, 0.5) is 10.7 Å². The molecule has 9 nitrogen and oxygen atoms in total. The van der Waals surface area contributed by atoms with E-state index < -0.39 is 4.92 Å². The number of rotatable bonds is 8. The number of nitro benzene ring substituents is 1. The van der Waals surface area contributed by atoms with Gasteiger partial charge >= 0.3 is 0 Å². The smallest absolute Gasteiger partial charge is 0.273 e. The first-order valence-corrected chi connectivity index (χ1v) is 13.9. The van der Waals surface area contributed by atoms with E-state index >= 15 is 0 Å². The molecule has 1 amide bonds. The summed E-state index contributed by atoms with van der Waals surface area (Å²) < 4.78 is 16.7.